The molecule has 1 N–H and O–H groups in total. The molecule has 0 saturated carbocycles. The lowest BCUT2D eigenvalue weighted by atomic mass is 10.2. The second kappa shape index (κ2) is 4.98. The summed E-state index contributed by atoms with van der Waals surface area (Å²) in [5.74, 6) is 0. The number of thiazole rings is 1. The van der Waals surface area contributed by atoms with Crippen LogP contribution in [0.3, 0.4) is 0 Å². The third kappa shape index (κ3) is 2.22. The van der Waals surface area contributed by atoms with Crippen LogP contribution in [0.5, 0.6) is 0 Å². The summed E-state index contributed by atoms with van der Waals surface area (Å²) in [4.78, 5) is 9.01. The number of hydrogen-bond acceptors (Lipinski definition) is 4. The zero-order chi connectivity index (χ0) is 14.2. The van der Waals surface area contributed by atoms with Crippen molar-refractivity contribution in [2.24, 2.45) is 0 Å². The largest absolute Gasteiger partial charge is 0.330 e. The van der Waals surface area contributed by atoms with E-state index in [0.29, 0.717) is 0 Å². The standard InChI is InChI=1S/C16H10ClN3S/c17-11-6-2-8-13-15(11)21-16(20-13)19-12-7-1-4-10-5-3-9-18-14(10)12/h1-9H,(H,19,20). The van der Waals surface area contributed by atoms with Gasteiger partial charge >= 0.3 is 0 Å². The van der Waals surface area contributed by atoms with E-state index in [0.717, 1.165) is 37.0 Å². The molecule has 3 nitrogen and oxygen atoms in total. The lowest BCUT2D eigenvalue weighted by molar-refractivity contribution is 1.39. The number of aromatic nitrogens is 2. The number of pyridine rings is 1. The molecule has 4 aromatic rings. The molecule has 0 unspecified atom stereocenters. The predicted molar refractivity (Wildman–Crippen MR) is 89.7 cm³/mol. The van der Waals surface area contributed by atoms with E-state index < -0.39 is 0 Å². The van der Waals surface area contributed by atoms with E-state index in [1.165, 1.54) is 0 Å². The van der Waals surface area contributed by atoms with Crippen LogP contribution < -0.4 is 5.32 Å². The zero-order valence-electron chi connectivity index (χ0n) is 10.9. The first-order valence-electron chi connectivity index (χ1n) is 6.47. The number of nitrogens with one attached hydrogen (secondary N) is 1. The average molecular weight is 312 g/mol. The van der Waals surface area contributed by atoms with Crippen molar-refractivity contribution in [1.29, 1.82) is 0 Å². The first kappa shape index (κ1) is 12.6. The minimum absolute atomic E-state index is 0.731. The molecule has 2 heterocycles. The molecule has 5 heteroatoms. The van der Waals surface area contributed by atoms with Crippen molar-refractivity contribution in [3.63, 3.8) is 0 Å². The summed E-state index contributed by atoms with van der Waals surface area (Å²) in [6.45, 7) is 0. The minimum atomic E-state index is 0.731. The van der Waals surface area contributed by atoms with E-state index in [9.17, 15) is 0 Å². The Morgan fingerprint density at radius 2 is 1.86 bits per heavy atom. The highest BCUT2D eigenvalue weighted by Gasteiger charge is 2.08. The van der Waals surface area contributed by atoms with Gasteiger partial charge in [-0.2, -0.15) is 0 Å². The summed E-state index contributed by atoms with van der Waals surface area (Å²) in [5.41, 5.74) is 2.79. The molecule has 21 heavy (non-hydrogen) atoms. The highest BCUT2D eigenvalue weighted by Crippen LogP contribution is 2.34. The van der Waals surface area contributed by atoms with Crippen molar-refractivity contribution < 1.29 is 0 Å². The van der Waals surface area contributed by atoms with E-state index in [2.05, 4.69) is 15.3 Å². The van der Waals surface area contributed by atoms with Gasteiger partial charge in [0.1, 0.15) is 0 Å². The molecule has 0 radical (unpaired) electrons. The maximum absolute atomic E-state index is 6.20. The number of benzene rings is 2. The summed E-state index contributed by atoms with van der Waals surface area (Å²) in [7, 11) is 0. The van der Waals surface area contributed by atoms with Crippen molar-refractivity contribution in [3.05, 3.63) is 59.8 Å². The summed E-state index contributed by atoms with van der Waals surface area (Å²) < 4.78 is 0.995. The fourth-order valence-corrected chi connectivity index (χ4v) is 3.46. The maximum atomic E-state index is 6.20. The highest BCUT2D eigenvalue weighted by molar-refractivity contribution is 7.22. The van der Waals surface area contributed by atoms with Crippen LogP contribution in [0.4, 0.5) is 10.8 Å². The third-order valence-electron chi connectivity index (χ3n) is 3.24. The fourth-order valence-electron chi connectivity index (χ4n) is 2.29. The van der Waals surface area contributed by atoms with Gasteiger partial charge < -0.3 is 5.32 Å². The molecule has 0 aliphatic rings. The van der Waals surface area contributed by atoms with E-state index in [4.69, 9.17) is 11.6 Å². The number of anilines is 2. The first-order chi connectivity index (χ1) is 10.3. The number of para-hydroxylation sites is 1. The Hall–Kier alpha value is -2.17. The van der Waals surface area contributed by atoms with Crippen LogP contribution in [0.1, 0.15) is 0 Å². The third-order valence-corrected chi connectivity index (χ3v) is 4.69. The number of halogens is 1. The average Bonchev–Trinajstić information content (AvgIpc) is 2.92. The molecule has 0 saturated heterocycles. The number of rotatable bonds is 2. The molecule has 2 aromatic heterocycles. The molecule has 0 bridgehead atoms. The molecular weight excluding hydrogens is 302 g/mol. The predicted octanol–water partition coefficient (Wildman–Crippen LogP) is 5.24. The van der Waals surface area contributed by atoms with Crippen molar-refractivity contribution in [2.45, 2.75) is 0 Å². The van der Waals surface area contributed by atoms with Crippen LogP contribution in [0.15, 0.2) is 54.7 Å². The lowest BCUT2D eigenvalue weighted by Gasteiger charge is -2.05. The molecular formula is C16H10ClN3S. The second-order valence-corrected chi connectivity index (χ2v) is 6.02. The van der Waals surface area contributed by atoms with E-state index in [-0.39, 0.29) is 0 Å². The van der Waals surface area contributed by atoms with Crippen molar-refractivity contribution in [2.75, 3.05) is 5.32 Å². The molecule has 0 spiro atoms. The van der Waals surface area contributed by atoms with Crippen LogP contribution in [-0.2, 0) is 0 Å². The molecule has 4 rings (SSSR count). The Balaban J connectivity index is 1.81. The molecule has 0 aliphatic carbocycles. The quantitative estimate of drug-likeness (QED) is 0.550. The number of nitrogens with zero attached hydrogens (tertiary/aromatic N) is 2. The summed E-state index contributed by atoms with van der Waals surface area (Å²) in [6.07, 6.45) is 1.79. The Bertz CT molecular complexity index is 943. The van der Waals surface area contributed by atoms with Crippen molar-refractivity contribution >= 4 is 54.9 Å². The van der Waals surface area contributed by atoms with Crippen molar-refractivity contribution in [3.8, 4) is 0 Å². The maximum Gasteiger partial charge on any atom is 0.188 e. The summed E-state index contributed by atoms with van der Waals surface area (Å²) >= 11 is 7.74. The Morgan fingerprint density at radius 3 is 2.76 bits per heavy atom. The van der Waals surface area contributed by atoms with Crippen LogP contribution >= 0.6 is 22.9 Å². The molecule has 0 aliphatic heterocycles. The van der Waals surface area contributed by atoms with Crippen molar-refractivity contribution in [1.82, 2.24) is 9.97 Å². The molecule has 0 fully saturated rings. The van der Waals surface area contributed by atoms with Gasteiger partial charge in [0.05, 0.1) is 26.4 Å². The Labute approximate surface area is 130 Å². The van der Waals surface area contributed by atoms with Gasteiger partial charge in [0, 0.05) is 11.6 Å². The van der Waals surface area contributed by atoms with Gasteiger partial charge in [-0.15, -0.1) is 0 Å². The van der Waals surface area contributed by atoms with Crippen LogP contribution in [-0.4, -0.2) is 9.97 Å². The topological polar surface area (TPSA) is 37.8 Å². The SMILES string of the molecule is Clc1cccc2nc(Nc3cccc4cccnc34)sc12. The van der Waals surface area contributed by atoms with Gasteiger partial charge in [0.25, 0.3) is 0 Å². The van der Waals surface area contributed by atoms with Crippen LogP contribution in [0.25, 0.3) is 21.1 Å². The number of hydrogen-bond donors (Lipinski definition) is 1. The van der Waals surface area contributed by atoms with E-state index in [1.807, 2.05) is 48.5 Å². The van der Waals surface area contributed by atoms with Gasteiger partial charge in [0.15, 0.2) is 5.13 Å². The Morgan fingerprint density at radius 1 is 1.00 bits per heavy atom. The van der Waals surface area contributed by atoms with E-state index in [1.54, 1.807) is 17.5 Å². The molecule has 0 atom stereocenters. The minimum Gasteiger partial charge on any atom is -0.330 e. The summed E-state index contributed by atoms with van der Waals surface area (Å²) in [6, 6.07) is 15.8. The van der Waals surface area contributed by atoms with Gasteiger partial charge in [-0.05, 0) is 24.3 Å². The highest BCUT2D eigenvalue weighted by atomic mass is 35.5. The monoisotopic (exact) mass is 311 g/mol. The molecule has 102 valence electrons. The first-order valence-corrected chi connectivity index (χ1v) is 7.66. The molecule has 2 aromatic carbocycles. The van der Waals surface area contributed by atoms with Crippen LogP contribution in [0, 0.1) is 0 Å². The lowest BCUT2D eigenvalue weighted by Crippen LogP contribution is -1.91. The Kier molecular flexibility index (Phi) is 2.98. The second-order valence-electron chi connectivity index (χ2n) is 4.61. The van der Waals surface area contributed by atoms with Gasteiger partial charge in [-0.3, -0.25) is 4.98 Å². The normalized spacial score (nSPS) is 11.1. The molecule has 0 amide bonds. The zero-order valence-corrected chi connectivity index (χ0v) is 12.4. The van der Waals surface area contributed by atoms with Crippen LogP contribution in [0.2, 0.25) is 5.02 Å². The van der Waals surface area contributed by atoms with Gasteiger partial charge in [0.2, 0.25) is 0 Å². The van der Waals surface area contributed by atoms with Gasteiger partial charge in [-0.25, -0.2) is 4.98 Å². The van der Waals surface area contributed by atoms with E-state index >= 15 is 0 Å². The fraction of sp³-hybridized carbons (Fsp3) is 0. The van der Waals surface area contributed by atoms with Gasteiger partial charge in [-0.1, -0.05) is 47.2 Å². The summed E-state index contributed by atoms with van der Waals surface area (Å²) in [5, 5.41) is 6.00. The number of fused-ring (bicyclic) bond motifs is 2. The smallest absolute Gasteiger partial charge is 0.188 e.